The molecular weight excluding hydrogens is 140 g/mol. The lowest BCUT2D eigenvalue weighted by Gasteiger charge is -2.29. The second-order valence-corrected chi connectivity index (χ2v) is 3.57. The van der Waals surface area contributed by atoms with Gasteiger partial charge in [0.15, 0.2) is 0 Å². The molecule has 2 aliphatic rings. The maximum atomic E-state index is 10.3. The van der Waals surface area contributed by atoms with Crippen molar-refractivity contribution in [2.45, 2.75) is 18.9 Å². The van der Waals surface area contributed by atoms with Gasteiger partial charge in [0.05, 0.1) is 0 Å². The molecule has 0 aromatic heterocycles. The molecule has 2 fully saturated rings. The van der Waals surface area contributed by atoms with Crippen molar-refractivity contribution in [2.24, 2.45) is 11.8 Å². The normalized spacial score (nSPS) is 42.0. The minimum absolute atomic E-state index is 0.466. The van der Waals surface area contributed by atoms with Crippen LogP contribution in [0.4, 0.5) is 0 Å². The topological polar surface area (TPSA) is 41.1 Å². The molecule has 2 N–H and O–H groups in total. The quantitative estimate of drug-likeness (QED) is 0.538. The number of amides is 1. The van der Waals surface area contributed by atoms with Crippen molar-refractivity contribution in [1.82, 2.24) is 10.6 Å². The van der Waals surface area contributed by atoms with Crippen molar-refractivity contribution in [3.63, 3.8) is 0 Å². The molecule has 1 saturated heterocycles. The van der Waals surface area contributed by atoms with Crippen LogP contribution < -0.4 is 10.6 Å². The number of fused-ring (bicyclic) bond motifs is 2. The van der Waals surface area contributed by atoms with Crippen molar-refractivity contribution < 1.29 is 4.79 Å². The highest BCUT2D eigenvalue weighted by Crippen LogP contribution is 2.33. The first-order chi connectivity index (χ1) is 5.42. The Morgan fingerprint density at radius 1 is 1.27 bits per heavy atom. The highest BCUT2D eigenvalue weighted by atomic mass is 16.1. The predicted molar refractivity (Wildman–Crippen MR) is 42.1 cm³/mol. The van der Waals surface area contributed by atoms with Crippen LogP contribution in [-0.4, -0.2) is 25.5 Å². The Morgan fingerprint density at radius 2 is 1.91 bits per heavy atom. The van der Waals surface area contributed by atoms with Gasteiger partial charge < -0.3 is 10.6 Å². The number of nitrogens with one attached hydrogen (secondary N) is 2. The van der Waals surface area contributed by atoms with Crippen LogP contribution in [0.15, 0.2) is 0 Å². The van der Waals surface area contributed by atoms with Gasteiger partial charge in [-0.05, 0) is 37.8 Å². The van der Waals surface area contributed by atoms with Crippen LogP contribution >= 0.6 is 0 Å². The number of carbonyl (C=O) groups excluding carboxylic acids is 1. The molecule has 3 nitrogen and oxygen atoms in total. The molecule has 1 amide bonds. The average molecular weight is 154 g/mol. The summed E-state index contributed by atoms with van der Waals surface area (Å²) in [5.41, 5.74) is 0. The molecule has 2 rings (SSSR count). The van der Waals surface area contributed by atoms with E-state index in [1.807, 2.05) is 0 Å². The average Bonchev–Trinajstić information content (AvgIpc) is 2.30. The lowest BCUT2D eigenvalue weighted by atomic mass is 9.94. The summed E-state index contributed by atoms with van der Waals surface area (Å²) in [6, 6.07) is 0.466. The Morgan fingerprint density at radius 3 is 2.45 bits per heavy atom. The zero-order valence-corrected chi connectivity index (χ0v) is 6.55. The Bertz CT molecular complexity index is 144. The Hall–Kier alpha value is -0.570. The largest absolute Gasteiger partial charge is 0.355 e. The van der Waals surface area contributed by atoms with Crippen molar-refractivity contribution in [1.29, 1.82) is 0 Å². The fourth-order valence-corrected chi connectivity index (χ4v) is 2.44. The lowest BCUT2D eigenvalue weighted by Crippen LogP contribution is -2.48. The molecule has 2 bridgehead atoms. The molecule has 0 aromatic carbocycles. The lowest BCUT2D eigenvalue weighted by molar-refractivity contribution is -0.110. The minimum atomic E-state index is 0.466. The van der Waals surface area contributed by atoms with Crippen LogP contribution in [-0.2, 0) is 4.79 Å². The van der Waals surface area contributed by atoms with E-state index >= 15 is 0 Å². The smallest absolute Gasteiger partial charge is 0.207 e. The molecule has 1 aliphatic heterocycles. The van der Waals surface area contributed by atoms with E-state index < -0.39 is 0 Å². The molecule has 1 heterocycles. The van der Waals surface area contributed by atoms with Crippen LogP contribution in [0.5, 0.6) is 0 Å². The maximum absolute atomic E-state index is 10.3. The van der Waals surface area contributed by atoms with Crippen molar-refractivity contribution in [2.75, 3.05) is 13.1 Å². The van der Waals surface area contributed by atoms with E-state index in [-0.39, 0.29) is 0 Å². The van der Waals surface area contributed by atoms with Crippen molar-refractivity contribution in [3.05, 3.63) is 0 Å². The van der Waals surface area contributed by atoms with Gasteiger partial charge in [0.25, 0.3) is 0 Å². The van der Waals surface area contributed by atoms with Crippen LogP contribution in [0, 0.1) is 11.8 Å². The van der Waals surface area contributed by atoms with Gasteiger partial charge in [0.1, 0.15) is 0 Å². The molecule has 0 aromatic rings. The standard InChI is InChI=1S/C8H14N2O/c11-5-10-8-6-1-2-7(8)4-9-3-6/h5-9H,1-4H2,(H,10,11). The first kappa shape index (κ1) is 7.10. The third kappa shape index (κ3) is 1.13. The van der Waals surface area contributed by atoms with Gasteiger partial charge >= 0.3 is 0 Å². The third-order valence-corrected chi connectivity index (χ3v) is 3.00. The van der Waals surface area contributed by atoms with E-state index in [4.69, 9.17) is 0 Å². The van der Waals surface area contributed by atoms with E-state index in [2.05, 4.69) is 10.6 Å². The fourth-order valence-electron chi connectivity index (χ4n) is 2.44. The predicted octanol–water partition coefficient (Wildman–Crippen LogP) is -0.270. The third-order valence-electron chi connectivity index (χ3n) is 3.00. The van der Waals surface area contributed by atoms with Gasteiger partial charge in [0, 0.05) is 6.04 Å². The molecule has 2 atom stereocenters. The van der Waals surface area contributed by atoms with Gasteiger partial charge in [-0.1, -0.05) is 0 Å². The fraction of sp³-hybridized carbons (Fsp3) is 0.875. The number of rotatable bonds is 2. The summed E-state index contributed by atoms with van der Waals surface area (Å²) in [4.78, 5) is 10.3. The minimum Gasteiger partial charge on any atom is -0.355 e. The second-order valence-electron chi connectivity index (χ2n) is 3.57. The molecule has 1 aliphatic carbocycles. The number of hydrogen-bond acceptors (Lipinski definition) is 2. The summed E-state index contributed by atoms with van der Waals surface area (Å²) in [6.45, 7) is 2.17. The Labute approximate surface area is 66.5 Å². The summed E-state index contributed by atoms with van der Waals surface area (Å²) < 4.78 is 0. The molecule has 3 heteroatoms. The zero-order valence-electron chi connectivity index (χ0n) is 6.55. The van der Waals surface area contributed by atoms with Crippen LogP contribution in [0.25, 0.3) is 0 Å². The summed E-state index contributed by atoms with van der Waals surface area (Å²) in [7, 11) is 0. The van der Waals surface area contributed by atoms with Crippen molar-refractivity contribution in [3.8, 4) is 0 Å². The summed E-state index contributed by atoms with van der Waals surface area (Å²) >= 11 is 0. The van der Waals surface area contributed by atoms with Crippen LogP contribution in [0.1, 0.15) is 12.8 Å². The van der Waals surface area contributed by atoms with Gasteiger partial charge in [0.2, 0.25) is 6.41 Å². The van der Waals surface area contributed by atoms with Gasteiger partial charge in [-0.25, -0.2) is 0 Å². The maximum Gasteiger partial charge on any atom is 0.207 e. The molecule has 2 unspecified atom stereocenters. The van der Waals surface area contributed by atoms with Gasteiger partial charge in [-0.3, -0.25) is 4.79 Å². The SMILES string of the molecule is O=CNC1C2CCC1CNC2. The molecular formula is C8H14N2O. The zero-order chi connectivity index (χ0) is 7.68. The van der Waals surface area contributed by atoms with Gasteiger partial charge in [-0.2, -0.15) is 0 Å². The van der Waals surface area contributed by atoms with E-state index in [1.54, 1.807) is 0 Å². The van der Waals surface area contributed by atoms with Crippen LogP contribution in [0.3, 0.4) is 0 Å². The molecule has 62 valence electrons. The van der Waals surface area contributed by atoms with Gasteiger partial charge in [-0.15, -0.1) is 0 Å². The number of carbonyl (C=O) groups is 1. The Kier molecular flexibility index (Phi) is 1.82. The monoisotopic (exact) mass is 154 g/mol. The number of hydrogen-bond donors (Lipinski definition) is 2. The first-order valence-corrected chi connectivity index (χ1v) is 4.32. The summed E-state index contributed by atoms with van der Waals surface area (Å²) in [6.07, 6.45) is 3.41. The van der Waals surface area contributed by atoms with Crippen molar-refractivity contribution >= 4 is 6.41 Å². The van der Waals surface area contributed by atoms with E-state index in [9.17, 15) is 4.79 Å². The van der Waals surface area contributed by atoms with Crippen LogP contribution in [0.2, 0.25) is 0 Å². The van der Waals surface area contributed by atoms with E-state index in [0.29, 0.717) is 17.9 Å². The van der Waals surface area contributed by atoms with E-state index in [0.717, 1.165) is 19.5 Å². The highest BCUT2D eigenvalue weighted by molar-refractivity contribution is 5.47. The molecule has 11 heavy (non-hydrogen) atoms. The summed E-state index contributed by atoms with van der Waals surface area (Å²) in [5.74, 6) is 1.39. The first-order valence-electron chi connectivity index (χ1n) is 4.32. The summed E-state index contributed by atoms with van der Waals surface area (Å²) in [5, 5.41) is 6.31. The molecule has 0 radical (unpaired) electrons. The highest BCUT2D eigenvalue weighted by Gasteiger charge is 2.38. The Balaban J connectivity index is 2.02. The number of piperidine rings is 1. The molecule has 1 saturated carbocycles. The second kappa shape index (κ2) is 2.81. The van der Waals surface area contributed by atoms with E-state index in [1.165, 1.54) is 12.8 Å². The molecule has 0 spiro atoms.